The van der Waals surface area contributed by atoms with E-state index in [9.17, 15) is 9.59 Å². The Kier molecular flexibility index (Phi) is 5.69. The number of benzene rings is 1. The van der Waals surface area contributed by atoms with Crippen molar-refractivity contribution in [3.63, 3.8) is 0 Å². The van der Waals surface area contributed by atoms with E-state index in [4.69, 9.17) is 4.74 Å². The van der Waals surface area contributed by atoms with Crippen molar-refractivity contribution in [2.45, 2.75) is 31.2 Å². The highest BCUT2D eigenvalue weighted by atomic mass is 32.2. The van der Waals surface area contributed by atoms with Crippen LogP contribution in [0.15, 0.2) is 35.5 Å². The van der Waals surface area contributed by atoms with Crippen LogP contribution in [-0.2, 0) is 11.8 Å². The Labute approximate surface area is 167 Å². The number of nitrogens with zero attached hydrogens (tertiary/aromatic N) is 3. The summed E-state index contributed by atoms with van der Waals surface area (Å²) >= 11 is 1.33. The van der Waals surface area contributed by atoms with Crippen LogP contribution in [0, 0.1) is 13.8 Å². The van der Waals surface area contributed by atoms with Crippen molar-refractivity contribution in [3.05, 3.63) is 52.8 Å². The summed E-state index contributed by atoms with van der Waals surface area (Å²) in [6, 6.07) is 9.76. The van der Waals surface area contributed by atoms with Crippen molar-refractivity contribution in [1.82, 2.24) is 19.7 Å². The van der Waals surface area contributed by atoms with Gasteiger partial charge in [-0.05, 0) is 26.3 Å². The van der Waals surface area contributed by atoms with Crippen LogP contribution in [0.2, 0.25) is 0 Å². The van der Waals surface area contributed by atoms with Crippen molar-refractivity contribution in [2.24, 2.45) is 7.05 Å². The van der Waals surface area contributed by atoms with Gasteiger partial charge in [0.1, 0.15) is 0 Å². The number of aromatic nitrogens is 4. The van der Waals surface area contributed by atoms with Gasteiger partial charge in [0.2, 0.25) is 0 Å². The highest BCUT2D eigenvalue weighted by Gasteiger charge is 2.27. The van der Waals surface area contributed by atoms with Gasteiger partial charge in [0, 0.05) is 18.3 Å². The lowest BCUT2D eigenvalue weighted by Crippen LogP contribution is -2.16. The van der Waals surface area contributed by atoms with E-state index in [1.807, 2.05) is 48.9 Å². The first-order chi connectivity index (χ1) is 13.3. The normalized spacial score (nSPS) is 12.0. The maximum absolute atomic E-state index is 13.0. The number of aromatic amines is 1. The molecule has 0 radical (unpaired) electrons. The number of methoxy groups -OCH3 is 1. The Hall–Kier alpha value is -2.87. The van der Waals surface area contributed by atoms with Gasteiger partial charge in [0.15, 0.2) is 16.8 Å². The predicted octanol–water partition coefficient (Wildman–Crippen LogP) is 3.58. The van der Waals surface area contributed by atoms with Gasteiger partial charge in [-0.1, -0.05) is 42.1 Å². The zero-order valence-corrected chi connectivity index (χ0v) is 17.3. The van der Waals surface area contributed by atoms with E-state index in [1.54, 1.807) is 13.8 Å². The first kappa shape index (κ1) is 19.9. The number of rotatable bonds is 6. The molecule has 3 rings (SSSR count). The zero-order valence-electron chi connectivity index (χ0n) is 16.4. The molecule has 146 valence electrons. The Morgan fingerprint density at radius 1 is 1.18 bits per heavy atom. The van der Waals surface area contributed by atoms with E-state index in [2.05, 4.69) is 15.2 Å². The minimum Gasteiger partial charge on any atom is -0.465 e. The minimum absolute atomic E-state index is 0.106. The summed E-state index contributed by atoms with van der Waals surface area (Å²) in [5, 5.41) is 8.73. The summed E-state index contributed by atoms with van der Waals surface area (Å²) in [6.07, 6.45) is 0. The standard InChI is InChI=1S/C20H22N4O3S/c1-11-15(19(26)27-5)12(2)21-16(11)17(25)13(3)28-20-23-22-18(24(20)4)14-9-7-6-8-10-14/h6-10,13,21H,1-5H3. The molecule has 3 aromatic rings. The lowest BCUT2D eigenvalue weighted by Gasteiger charge is -2.10. The maximum atomic E-state index is 13.0. The van der Waals surface area contributed by atoms with Gasteiger partial charge in [0.25, 0.3) is 0 Å². The molecular weight excluding hydrogens is 376 g/mol. The fourth-order valence-electron chi connectivity index (χ4n) is 3.08. The monoisotopic (exact) mass is 398 g/mol. The van der Waals surface area contributed by atoms with Crippen molar-refractivity contribution in [1.29, 1.82) is 0 Å². The lowest BCUT2D eigenvalue weighted by molar-refractivity contribution is 0.0599. The summed E-state index contributed by atoms with van der Waals surface area (Å²) in [4.78, 5) is 28.0. The van der Waals surface area contributed by atoms with Gasteiger partial charge < -0.3 is 14.3 Å². The number of ketones is 1. The van der Waals surface area contributed by atoms with Gasteiger partial charge in [-0.25, -0.2) is 4.79 Å². The quantitative estimate of drug-likeness (QED) is 0.388. The van der Waals surface area contributed by atoms with E-state index < -0.39 is 11.2 Å². The van der Waals surface area contributed by atoms with Crippen LogP contribution in [0.4, 0.5) is 0 Å². The first-order valence-corrected chi connectivity index (χ1v) is 9.66. The Morgan fingerprint density at radius 3 is 2.50 bits per heavy atom. The van der Waals surface area contributed by atoms with Crippen LogP contribution in [0.25, 0.3) is 11.4 Å². The lowest BCUT2D eigenvalue weighted by atomic mass is 10.1. The second-order valence-corrected chi connectivity index (χ2v) is 7.78. The van der Waals surface area contributed by atoms with E-state index >= 15 is 0 Å². The smallest absolute Gasteiger partial charge is 0.339 e. The van der Waals surface area contributed by atoms with Gasteiger partial charge >= 0.3 is 5.97 Å². The van der Waals surface area contributed by atoms with Crippen molar-refractivity contribution >= 4 is 23.5 Å². The second-order valence-electron chi connectivity index (χ2n) is 6.47. The fourth-order valence-corrected chi connectivity index (χ4v) is 3.95. The zero-order chi connectivity index (χ0) is 20.4. The fraction of sp³-hybridized carbons (Fsp3) is 0.300. The molecule has 0 aliphatic rings. The highest BCUT2D eigenvalue weighted by Crippen LogP contribution is 2.29. The van der Waals surface area contributed by atoms with Gasteiger partial charge in [-0.2, -0.15) is 0 Å². The number of hydrogen-bond donors (Lipinski definition) is 1. The Bertz CT molecular complexity index is 1020. The molecule has 0 amide bonds. The third-order valence-corrected chi connectivity index (χ3v) is 5.73. The molecule has 7 nitrogen and oxygen atoms in total. The van der Waals surface area contributed by atoms with Crippen molar-refractivity contribution in [2.75, 3.05) is 7.11 Å². The summed E-state index contributed by atoms with van der Waals surface area (Å²) in [5.41, 5.74) is 3.01. The summed E-state index contributed by atoms with van der Waals surface area (Å²) in [7, 11) is 3.20. The molecule has 0 aliphatic carbocycles. The number of esters is 1. The number of nitrogens with one attached hydrogen (secondary N) is 1. The third-order valence-electron chi connectivity index (χ3n) is 4.59. The van der Waals surface area contributed by atoms with Crippen LogP contribution in [-0.4, -0.2) is 43.9 Å². The van der Waals surface area contributed by atoms with E-state index in [0.717, 1.165) is 11.4 Å². The number of ether oxygens (including phenoxy) is 1. The molecule has 0 bridgehead atoms. The van der Waals surface area contributed by atoms with Crippen LogP contribution in [0.1, 0.15) is 39.0 Å². The first-order valence-electron chi connectivity index (χ1n) is 8.78. The van der Waals surface area contributed by atoms with Gasteiger partial charge in [0.05, 0.1) is 23.6 Å². The van der Waals surface area contributed by atoms with Crippen LogP contribution in [0.3, 0.4) is 0 Å². The molecule has 0 spiro atoms. The molecule has 8 heteroatoms. The van der Waals surface area contributed by atoms with E-state index in [1.165, 1.54) is 18.9 Å². The number of Topliss-reactive ketones (excluding diaryl/α,β-unsaturated/α-hetero) is 1. The Morgan fingerprint density at radius 2 is 1.86 bits per heavy atom. The van der Waals surface area contributed by atoms with E-state index in [-0.39, 0.29) is 5.78 Å². The summed E-state index contributed by atoms with van der Waals surface area (Å²) in [6.45, 7) is 5.32. The highest BCUT2D eigenvalue weighted by molar-refractivity contribution is 8.00. The molecule has 1 aromatic carbocycles. The van der Waals surface area contributed by atoms with E-state index in [0.29, 0.717) is 27.7 Å². The average Bonchev–Trinajstić information content (AvgIpc) is 3.20. The number of H-pyrrole nitrogens is 1. The average molecular weight is 398 g/mol. The molecule has 0 saturated carbocycles. The van der Waals surface area contributed by atoms with Gasteiger partial charge in [-0.15, -0.1) is 10.2 Å². The summed E-state index contributed by atoms with van der Waals surface area (Å²) in [5.74, 6) is 0.180. The topological polar surface area (TPSA) is 89.9 Å². The van der Waals surface area contributed by atoms with Gasteiger partial charge in [-0.3, -0.25) is 4.79 Å². The van der Waals surface area contributed by atoms with Crippen LogP contribution >= 0.6 is 11.8 Å². The van der Waals surface area contributed by atoms with Crippen LogP contribution < -0.4 is 0 Å². The molecular formula is C20H22N4O3S. The molecule has 0 aliphatic heterocycles. The third kappa shape index (κ3) is 3.60. The molecule has 28 heavy (non-hydrogen) atoms. The molecule has 1 N–H and O–H groups in total. The number of hydrogen-bond acceptors (Lipinski definition) is 6. The Balaban J connectivity index is 1.83. The maximum Gasteiger partial charge on any atom is 0.339 e. The minimum atomic E-state index is -0.452. The number of thioether (sulfide) groups is 1. The predicted molar refractivity (Wildman–Crippen MR) is 108 cm³/mol. The molecule has 0 fully saturated rings. The molecule has 1 unspecified atom stereocenters. The van der Waals surface area contributed by atoms with Crippen LogP contribution in [0.5, 0.6) is 0 Å². The number of carbonyl (C=O) groups is 2. The largest absolute Gasteiger partial charge is 0.465 e. The van der Waals surface area contributed by atoms with Crippen molar-refractivity contribution < 1.29 is 14.3 Å². The molecule has 1 atom stereocenters. The molecule has 0 saturated heterocycles. The SMILES string of the molecule is COC(=O)c1c(C)[nH]c(C(=O)C(C)Sc2nnc(-c3ccccc3)n2C)c1C. The number of carbonyl (C=O) groups excluding carboxylic acids is 2. The number of aryl methyl sites for hydroxylation is 1. The second kappa shape index (κ2) is 8.02. The molecule has 2 heterocycles. The molecule has 2 aromatic heterocycles. The van der Waals surface area contributed by atoms with Crippen molar-refractivity contribution in [3.8, 4) is 11.4 Å². The summed E-state index contributed by atoms with van der Waals surface area (Å²) < 4.78 is 6.68.